The van der Waals surface area contributed by atoms with Crippen molar-refractivity contribution in [1.82, 2.24) is 0 Å². The second kappa shape index (κ2) is 60.9. The third kappa shape index (κ3) is 60.7. The number of hydrogen-bond acceptors (Lipinski definition) is 8. The van der Waals surface area contributed by atoms with E-state index >= 15 is 0 Å². The Morgan fingerprint density at radius 2 is 0.675 bits per heavy atom. The predicted molar refractivity (Wildman–Crippen MR) is 330 cm³/mol. The summed E-state index contributed by atoms with van der Waals surface area (Å²) in [6, 6.07) is 0. The third-order valence-electron chi connectivity index (χ3n) is 11.9. The molecule has 0 aromatic heterocycles. The Morgan fingerprint density at radius 1 is 0.390 bits per heavy atom. The summed E-state index contributed by atoms with van der Waals surface area (Å²) in [6.07, 6.45) is 88.7. The van der Waals surface area contributed by atoms with Gasteiger partial charge in [-0.25, -0.2) is 4.57 Å². The van der Waals surface area contributed by atoms with Crippen LogP contribution in [-0.4, -0.2) is 49.3 Å². The Bertz CT molecular complexity index is 1810. The molecule has 0 bridgehead atoms. The molecule has 0 fully saturated rings. The SMILES string of the molecule is CC/C=C\C/C=C\C/C=C\C/C=C\C/C=C\C/C=C\C/C=C\CCCCCCCCCCCCCC(=O)OC(COC(=O)CCCCCC/C=C\C/C=C\C/C=C\C/C=C\C/C=C\C/C=C\CC)COP(=O)(O)OCCN. The average Bonchev–Trinajstić information content (AvgIpc) is 3.42. The molecular weight excluding hydrogens is 978 g/mol. The van der Waals surface area contributed by atoms with Crippen molar-refractivity contribution in [2.24, 2.45) is 5.73 Å². The van der Waals surface area contributed by atoms with Crippen LogP contribution in [-0.2, 0) is 32.7 Å². The fourth-order valence-corrected chi connectivity index (χ4v) is 8.32. The summed E-state index contributed by atoms with van der Waals surface area (Å²) in [4.78, 5) is 35.2. The molecule has 434 valence electrons. The number of phosphoric ester groups is 1. The number of nitrogens with two attached hydrogens (primary N) is 1. The van der Waals surface area contributed by atoms with Gasteiger partial charge in [-0.2, -0.15) is 0 Å². The molecule has 0 aromatic carbocycles. The van der Waals surface area contributed by atoms with Crippen molar-refractivity contribution >= 4 is 19.8 Å². The minimum absolute atomic E-state index is 0.0404. The summed E-state index contributed by atoms with van der Waals surface area (Å²) in [7, 11) is -4.41. The first-order valence-electron chi connectivity index (χ1n) is 30.0. The first-order valence-corrected chi connectivity index (χ1v) is 31.5. The topological polar surface area (TPSA) is 134 Å². The molecule has 77 heavy (non-hydrogen) atoms. The standard InChI is InChI=1S/C67H108NO8P/c1-3-5-7-9-11-13-15-17-19-21-23-25-27-28-29-30-31-32-33-34-35-36-38-40-42-44-46-48-50-52-54-56-58-60-67(70)76-65(64-75-77(71,72)74-62-61-68)63-73-66(69)59-57-55-53-51-49-47-45-43-41-39-37-26-24-22-20-18-16-14-12-10-8-6-4-2/h5-8,11-14,17-20,23-26,28-29,31-32,34-35,39,41,45,47,65H,3-4,9-10,15-16,21-22,27,30,33,36-38,40,42-44,46,48-64,68H2,1-2H3,(H,71,72)/b7-5-,8-6-,13-11-,14-12-,19-17-,20-18-,25-23-,26-24-,29-28-,32-31-,35-34-,41-39-,47-45-. The molecule has 0 heterocycles. The number of allylic oxidation sites excluding steroid dienone is 26. The van der Waals surface area contributed by atoms with E-state index in [-0.39, 0.29) is 32.6 Å². The quantitative estimate of drug-likeness (QED) is 0.0264. The highest BCUT2D eigenvalue weighted by Gasteiger charge is 2.26. The highest BCUT2D eigenvalue weighted by molar-refractivity contribution is 7.47. The normalized spacial score (nSPS) is 14.2. The maximum atomic E-state index is 12.7. The van der Waals surface area contributed by atoms with Crippen molar-refractivity contribution in [2.45, 2.75) is 225 Å². The Labute approximate surface area is 470 Å². The van der Waals surface area contributed by atoms with E-state index in [1.54, 1.807) is 0 Å². The van der Waals surface area contributed by atoms with E-state index in [9.17, 15) is 19.0 Å². The first kappa shape index (κ1) is 72.6. The molecule has 0 aliphatic heterocycles. The minimum Gasteiger partial charge on any atom is -0.462 e. The lowest BCUT2D eigenvalue weighted by atomic mass is 10.0. The van der Waals surface area contributed by atoms with E-state index in [1.807, 2.05) is 0 Å². The van der Waals surface area contributed by atoms with E-state index in [1.165, 1.54) is 44.9 Å². The van der Waals surface area contributed by atoms with Gasteiger partial charge in [0.05, 0.1) is 13.2 Å². The molecule has 0 amide bonds. The molecule has 3 N–H and O–H groups in total. The van der Waals surface area contributed by atoms with Crippen LogP contribution in [0.3, 0.4) is 0 Å². The van der Waals surface area contributed by atoms with Crippen molar-refractivity contribution in [3.8, 4) is 0 Å². The molecule has 0 aliphatic rings. The fraction of sp³-hybridized carbons (Fsp3) is 0.582. The Kier molecular flexibility index (Phi) is 57.4. The molecule has 0 aliphatic carbocycles. The highest BCUT2D eigenvalue weighted by Crippen LogP contribution is 2.43. The molecule has 2 unspecified atom stereocenters. The van der Waals surface area contributed by atoms with Gasteiger partial charge in [0, 0.05) is 19.4 Å². The van der Waals surface area contributed by atoms with Gasteiger partial charge in [0.2, 0.25) is 0 Å². The number of rotatable bonds is 54. The average molecular weight is 1090 g/mol. The van der Waals surface area contributed by atoms with Crippen LogP contribution < -0.4 is 5.73 Å². The van der Waals surface area contributed by atoms with Crippen molar-refractivity contribution in [3.05, 3.63) is 158 Å². The van der Waals surface area contributed by atoms with Gasteiger partial charge in [-0.15, -0.1) is 0 Å². The van der Waals surface area contributed by atoms with Gasteiger partial charge in [-0.3, -0.25) is 18.6 Å². The van der Waals surface area contributed by atoms with E-state index in [0.29, 0.717) is 12.8 Å². The van der Waals surface area contributed by atoms with Crippen LogP contribution >= 0.6 is 7.82 Å². The summed E-state index contributed by atoms with van der Waals surface area (Å²) < 4.78 is 33.0. The van der Waals surface area contributed by atoms with Gasteiger partial charge in [0.25, 0.3) is 0 Å². The summed E-state index contributed by atoms with van der Waals surface area (Å²) in [5, 5.41) is 0. The molecule has 2 atom stereocenters. The molecule has 10 heteroatoms. The van der Waals surface area contributed by atoms with E-state index in [0.717, 1.165) is 135 Å². The lowest BCUT2D eigenvalue weighted by molar-refractivity contribution is -0.161. The van der Waals surface area contributed by atoms with Gasteiger partial charge in [0.15, 0.2) is 6.10 Å². The predicted octanol–water partition coefficient (Wildman–Crippen LogP) is 19.3. The van der Waals surface area contributed by atoms with E-state index in [2.05, 4.69) is 172 Å². The van der Waals surface area contributed by atoms with Gasteiger partial charge in [-0.05, 0) is 122 Å². The molecular formula is C67H108NO8P. The molecule has 0 rings (SSSR count). The van der Waals surface area contributed by atoms with Crippen LogP contribution in [0.15, 0.2) is 158 Å². The van der Waals surface area contributed by atoms with Gasteiger partial charge >= 0.3 is 19.8 Å². The third-order valence-corrected chi connectivity index (χ3v) is 12.9. The number of carbonyl (C=O) groups is 2. The lowest BCUT2D eigenvalue weighted by Crippen LogP contribution is -2.29. The van der Waals surface area contributed by atoms with Crippen LogP contribution in [0, 0.1) is 0 Å². The summed E-state index contributed by atoms with van der Waals surface area (Å²) >= 11 is 0. The monoisotopic (exact) mass is 1090 g/mol. The summed E-state index contributed by atoms with van der Waals surface area (Å²) in [6.45, 7) is 3.46. The number of hydrogen-bond donors (Lipinski definition) is 2. The number of esters is 2. The zero-order valence-corrected chi connectivity index (χ0v) is 49.3. The van der Waals surface area contributed by atoms with Crippen LogP contribution in [0.1, 0.15) is 219 Å². The molecule has 0 spiro atoms. The van der Waals surface area contributed by atoms with Crippen LogP contribution in [0.5, 0.6) is 0 Å². The second-order valence-corrected chi connectivity index (χ2v) is 20.6. The van der Waals surface area contributed by atoms with Crippen molar-refractivity contribution in [1.29, 1.82) is 0 Å². The van der Waals surface area contributed by atoms with Crippen LogP contribution in [0.4, 0.5) is 0 Å². The van der Waals surface area contributed by atoms with Crippen LogP contribution in [0.2, 0.25) is 0 Å². The summed E-state index contributed by atoms with van der Waals surface area (Å²) in [5.41, 5.74) is 5.38. The Hall–Kier alpha value is -4.37. The lowest BCUT2D eigenvalue weighted by Gasteiger charge is -2.19. The van der Waals surface area contributed by atoms with Crippen molar-refractivity contribution in [3.63, 3.8) is 0 Å². The maximum Gasteiger partial charge on any atom is 0.472 e. The molecule has 0 radical (unpaired) electrons. The largest absolute Gasteiger partial charge is 0.472 e. The zero-order valence-electron chi connectivity index (χ0n) is 48.4. The van der Waals surface area contributed by atoms with Gasteiger partial charge < -0.3 is 20.1 Å². The number of carbonyl (C=O) groups excluding carboxylic acids is 2. The molecule has 0 aromatic rings. The smallest absolute Gasteiger partial charge is 0.462 e. The fourth-order valence-electron chi connectivity index (χ4n) is 7.56. The van der Waals surface area contributed by atoms with Crippen molar-refractivity contribution < 1.29 is 37.6 Å². The number of phosphoric acid groups is 1. The number of unbranched alkanes of at least 4 members (excludes halogenated alkanes) is 15. The van der Waals surface area contributed by atoms with Crippen LogP contribution in [0.25, 0.3) is 0 Å². The maximum absolute atomic E-state index is 12.7. The summed E-state index contributed by atoms with van der Waals surface area (Å²) in [5.74, 6) is -0.872. The molecule has 0 saturated heterocycles. The molecule has 9 nitrogen and oxygen atoms in total. The molecule has 0 saturated carbocycles. The number of ether oxygens (including phenoxy) is 2. The minimum atomic E-state index is -4.41. The zero-order chi connectivity index (χ0) is 55.9. The van der Waals surface area contributed by atoms with E-state index in [4.69, 9.17) is 24.3 Å². The first-order chi connectivity index (χ1) is 37.8. The van der Waals surface area contributed by atoms with Gasteiger partial charge in [-0.1, -0.05) is 242 Å². The van der Waals surface area contributed by atoms with Crippen molar-refractivity contribution in [2.75, 3.05) is 26.4 Å². The Morgan fingerprint density at radius 3 is 1.00 bits per heavy atom. The van der Waals surface area contributed by atoms with Gasteiger partial charge in [0.1, 0.15) is 6.61 Å². The Balaban J connectivity index is 4.06. The second-order valence-electron chi connectivity index (χ2n) is 19.1. The van der Waals surface area contributed by atoms with E-state index < -0.39 is 32.5 Å². The highest BCUT2D eigenvalue weighted by atomic mass is 31.2.